The van der Waals surface area contributed by atoms with E-state index in [2.05, 4.69) is 20.5 Å². The van der Waals surface area contributed by atoms with Crippen molar-refractivity contribution in [2.75, 3.05) is 5.43 Å². The first-order valence-corrected chi connectivity index (χ1v) is 7.86. The summed E-state index contributed by atoms with van der Waals surface area (Å²) in [5.74, 6) is 0.665. The molecule has 0 bridgehead atoms. The summed E-state index contributed by atoms with van der Waals surface area (Å²) in [5, 5.41) is 15.3. The molecular weight excluding hydrogens is 316 g/mol. The van der Waals surface area contributed by atoms with E-state index in [1.165, 1.54) is 6.33 Å². The number of aromatic nitrogens is 2. The van der Waals surface area contributed by atoms with Crippen LogP contribution in [0.1, 0.15) is 18.1 Å². The molecule has 0 aliphatic rings. The molecule has 0 fully saturated rings. The van der Waals surface area contributed by atoms with Crippen LogP contribution in [0.25, 0.3) is 22.1 Å². The van der Waals surface area contributed by atoms with Crippen molar-refractivity contribution in [3.8, 4) is 5.75 Å². The minimum atomic E-state index is 0.185. The first kappa shape index (κ1) is 15.1. The molecule has 0 saturated heterocycles. The number of aromatic hydroxyl groups is 1. The van der Waals surface area contributed by atoms with Crippen LogP contribution < -0.4 is 5.43 Å². The number of benzene rings is 2. The van der Waals surface area contributed by atoms with E-state index in [1.807, 2.05) is 50.2 Å². The van der Waals surface area contributed by atoms with Crippen molar-refractivity contribution in [1.82, 2.24) is 9.97 Å². The summed E-state index contributed by atoms with van der Waals surface area (Å²) in [6.07, 6.45) is 1.47. The molecule has 0 saturated carbocycles. The summed E-state index contributed by atoms with van der Waals surface area (Å²) in [6, 6.07) is 13.1. The Morgan fingerprint density at radius 3 is 2.88 bits per heavy atom. The molecule has 2 aromatic carbocycles. The van der Waals surface area contributed by atoms with Gasteiger partial charge in [-0.15, -0.1) is 0 Å². The van der Waals surface area contributed by atoms with Crippen molar-refractivity contribution in [3.05, 3.63) is 59.9 Å². The Morgan fingerprint density at radius 2 is 2.00 bits per heavy atom. The molecule has 0 aliphatic heterocycles. The van der Waals surface area contributed by atoms with Crippen LogP contribution in [-0.4, -0.2) is 20.8 Å². The second-order valence-electron chi connectivity index (χ2n) is 5.83. The van der Waals surface area contributed by atoms with Crippen molar-refractivity contribution < 1.29 is 9.52 Å². The lowest BCUT2D eigenvalue weighted by Gasteiger charge is -2.06. The van der Waals surface area contributed by atoms with E-state index < -0.39 is 0 Å². The van der Waals surface area contributed by atoms with Gasteiger partial charge in [0.25, 0.3) is 0 Å². The van der Waals surface area contributed by atoms with Crippen LogP contribution in [-0.2, 0) is 0 Å². The SMILES string of the molecule is C/C(=N\Nc1ncnc2c1oc1ccccc12)c1cc(C)ccc1O. The third-order valence-electron chi connectivity index (χ3n) is 4.03. The van der Waals surface area contributed by atoms with Crippen LogP contribution in [0.5, 0.6) is 5.75 Å². The average Bonchev–Trinajstić information content (AvgIpc) is 3.01. The number of phenols is 1. The number of nitrogens with one attached hydrogen (secondary N) is 1. The Kier molecular flexibility index (Phi) is 3.57. The van der Waals surface area contributed by atoms with Gasteiger partial charge in [-0.05, 0) is 38.1 Å². The Bertz CT molecular complexity index is 1120. The average molecular weight is 332 g/mol. The smallest absolute Gasteiger partial charge is 0.197 e. The molecular formula is C19H16N4O2. The van der Waals surface area contributed by atoms with E-state index in [1.54, 1.807) is 6.07 Å². The molecule has 0 unspecified atom stereocenters. The third kappa shape index (κ3) is 2.67. The first-order valence-electron chi connectivity index (χ1n) is 7.86. The number of fused-ring (bicyclic) bond motifs is 3. The Hall–Kier alpha value is -3.41. The van der Waals surface area contributed by atoms with Crippen molar-refractivity contribution >= 4 is 33.6 Å². The fourth-order valence-corrected chi connectivity index (χ4v) is 2.74. The largest absolute Gasteiger partial charge is 0.507 e. The van der Waals surface area contributed by atoms with Gasteiger partial charge in [0.05, 0.1) is 5.71 Å². The quantitative estimate of drug-likeness (QED) is 0.433. The molecule has 4 rings (SSSR count). The van der Waals surface area contributed by atoms with E-state index >= 15 is 0 Å². The maximum absolute atomic E-state index is 10.0. The molecule has 6 nitrogen and oxygen atoms in total. The monoisotopic (exact) mass is 332 g/mol. The number of phenolic OH excluding ortho intramolecular Hbond substituents is 1. The van der Waals surface area contributed by atoms with E-state index in [0.717, 1.165) is 22.0 Å². The summed E-state index contributed by atoms with van der Waals surface area (Å²) in [6.45, 7) is 3.78. The minimum Gasteiger partial charge on any atom is -0.507 e. The molecule has 0 spiro atoms. The first-order chi connectivity index (χ1) is 12.1. The molecule has 124 valence electrons. The maximum Gasteiger partial charge on any atom is 0.197 e. The van der Waals surface area contributed by atoms with Crippen LogP contribution in [0, 0.1) is 6.92 Å². The van der Waals surface area contributed by atoms with Crippen LogP contribution >= 0.6 is 0 Å². The van der Waals surface area contributed by atoms with Gasteiger partial charge in [-0.1, -0.05) is 23.8 Å². The summed E-state index contributed by atoms with van der Waals surface area (Å²) >= 11 is 0. The highest BCUT2D eigenvalue weighted by Crippen LogP contribution is 2.30. The molecule has 4 aromatic rings. The lowest BCUT2D eigenvalue weighted by Crippen LogP contribution is -2.02. The predicted octanol–water partition coefficient (Wildman–Crippen LogP) is 4.23. The van der Waals surface area contributed by atoms with Crippen molar-refractivity contribution in [3.63, 3.8) is 0 Å². The van der Waals surface area contributed by atoms with Gasteiger partial charge in [-0.25, -0.2) is 9.97 Å². The number of anilines is 1. The zero-order valence-corrected chi connectivity index (χ0v) is 13.8. The molecule has 0 atom stereocenters. The number of furan rings is 1. The summed E-state index contributed by atoms with van der Waals surface area (Å²) in [7, 11) is 0. The number of hydrazone groups is 1. The molecule has 0 amide bonds. The van der Waals surface area contributed by atoms with Crippen molar-refractivity contribution in [1.29, 1.82) is 0 Å². The Morgan fingerprint density at radius 1 is 1.16 bits per heavy atom. The molecule has 0 aliphatic carbocycles. The lowest BCUT2D eigenvalue weighted by atomic mass is 10.1. The Balaban J connectivity index is 1.74. The number of hydrogen-bond acceptors (Lipinski definition) is 6. The van der Waals surface area contributed by atoms with E-state index in [4.69, 9.17) is 4.42 Å². The highest BCUT2D eigenvalue weighted by molar-refractivity contribution is 6.06. The molecule has 2 aromatic heterocycles. The van der Waals surface area contributed by atoms with Gasteiger partial charge in [0.15, 0.2) is 11.4 Å². The summed E-state index contributed by atoms with van der Waals surface area (Å²) in [5.41, 5.74) is 7.32. The third-order valence-corrected chi connectivity index (χ3v) is 4.03. The van der Waals surface area contributed by atoms with E-state index in [-0.39, 0.29) is 5.75 Å². The highest BCUT2D eigenvalue weighted by atomic mass is 16.3. The van der Waals surface area contributed by atoms with Crippen LogP contribution in [0.3, 0.4) is 0 Å². The minimum absolute atomic E-state index is 0.185. The standard InChI is InChI=1S/C19H16N4O2/c1-11-7-8-15(24)14(9-11)12(2)22-23-19-18-17(20-10-21-19)13-5-3-4-6-16(13)25-18/h3-10,24H,1-2H3,(H,20,21,23)/b22-12+. The summed E-state index contributed by atoms with van der Waals surface area (Å²) < 4.78 is 5.86. The molecule has 0 radical (unpaired) electrons. The second-order valence-corrected chi connectivity index (χ2v) is 5.83. The Labute approximate surface area is 143 Å². The zero-order chi connectivity index (χ0) is 17.4. The highest BCUT2D eigenvalue weighted by Gasteiger charge is 2.12. The maximum atomic E-state index is 10.0. The number of hydrogen-bond donors (Lipinski definition) is 2. The number of nitrogens with zero attached hydrogens (tertiary/aromatic N) is 3. The van der Waals surface area contributed by atoms with Gasteiger partial charge in [0.2, 0.25) is 0 Å². The summed E-state index contributed by atoms with van der Waals surface area (Å²) in [4.78, 5) is 8.53. The topological polar surface area (TPSA) is 83.5 Å². The second kappa shape index (κ2) is 5.90. The van der Waals surface area contributed by atoms with Gasteiger partial charge in [0.1, 0.15) is 23.2 Å². The normalized spacial score (nSPS) is 12.0. The molecule has 25 heavy (non-hydrogen) atoms. The van der Waals surface area contributed by atoms with Gasteiger partial charge in [-0.2, -0.15) is 5.10 Å². The molecule has 6 heteroatoms. The molecule has 2 N–H and O–H groups in total. The van der Waals surface area contributed by atoms with Gasteiger partial charge < -0.3 is 9.52 Å². The fraction of sp³-hybridized carbons (Fsp3) is 0.105. The van der Waals surface area contributed by atoms with Crippen LogP contribution in [0.2, 0.25) is 0 Å². The number of aryl methyl sites for hydroxylation is 1. The van der Waals surface area contributed by atoms with Gasteiger partial charge >= 0.3 is 0 Å². The van der Waals surface area contributed by atoms with Crippen molar-refractivity contribution in [2.24, 2.45) is 5.10 Å². The zero-order valence-electron chi connectivity index (χ0n) is 13.8. The lowest BCUT2D eigenvalue weighted by molar-refractivity contribution is 0.474. The van der Waals surface area contributed by atoms with E-state index in [0.29, 0.717) is 22.7 Å². The van der Waals surface area contributed by atoms with Gasteiger partial charge in [0, 0.05) is 10.9 Å². The van der Waals surface area contributed by atoms with E-state index in [9.17, 15) is 5.11 Å². The van der Waals surface area contributed by atoms with Crippen molar-refractivity contribution in [2.45, 2.75) is 13.8 Å². The predicted molar refractivity (Wildman–Crippen MR) is 98.0 cm³/mol. The fourth-order valence-electron chi connectivity index (χ4n) is 2.74. The number of para-hydroxylation sites is 1. The molecule has 2 heterocycles. The van der Waals surface area contributed by atoms with Crippen LogP contribution in [0.4, 0.5) is 5.82 Å². The number of rotatable bonds is 3. The van der Waals surface area contributed by atoms with Gasteiger partial charge in [-0.3, -0.25) is 5.43 Å². The van der Waals surface area contributed by atoms with Crippen LogP contribution in [0.15, 0.2) is 58.3 Å².